The summed E-state index contributed by atoms with van der Waals surface area (Å²) >= 11 is 0. The van der Waals surface area contributed by atoms with E-state index >= 15 is 0 Å². The van der Waals surface area contributed by atoms with Crippen LogP contribution < -0.4 is 5.32 Å². The largest absolute Gasteiger partial charge is 0.315 e. The summed E-state index contributed by atoms with van der Waals surface area (Å²) in [6.45, 7) is 3.22. The molecular formula is C16H22N4. The first kappa shape index (κ1) is 13.3. The molecule has 1 unspecified atom stereocenters. The summed E-state index contributed by atoms with van der Waals surface area (Å²) in [5.74, 6) is 0. The summed E-state index contributed by atoms with van der Waals surface area (Å²) in [6.07, 6.45) is 6.38. The molecule has 4 heteroatoms. The first-order chi connectivity index (χ1) is 9.84. The van der Waals surface area contributed by atoms with Gasteiger partial charge in [0, 0.05) is 31.5 Å². The maximum Gasteiger partial charge on any atom is 0.0690 e. The molecular weight excluding hydrogens is 248 g/mol. The summed E-state index contributed by atoms with van der Waals surface area (Å²) in [5, 5.41) is 7.84. The van der Waals surface area contributed by atoms with Crippen molar-refractivity contribution in [2.75, 3.05) is 20.1 Å². The third-order valence-corrected chi connectivity index (χ3v) is 4.06. The van der Waals surface area contributed by atoms with E-state index in [1.165, 1.54) is 24.1 Å². The fourth-order valence-electron chi connectivity index (χ4n) is 2.89. The molecule has 1 saturated heterocycles. The predicted octanol–water partition coefficient (Wildman–Crippen LogP) is 2.06. The minimum Gasteiger partial charge on any atom is -0.315 e. The van der Waals surface area contributed by atoms with Crippen molar-refractivity contribution >= 4 is 0 Å². The molecule has 2 heterocycles. The highest BCUT2D eigenvalue weighted by atomic mass is 15.3. The molecule has 0 saturated carbocycles. The van der Waals surface area contributed by atoms with Crippen LogP contribution in [-0.2, 0) is 6.54 Å². The molecule has 1 atom stereocenters. The zero-order valence-electron chi connectivity index (χ0n) is 12.0. The Morgan fingerprint density at radius 1 is 1.35 bits per heavy atom. The Bertz CT molecular complexity index is 529. The Hall–Kier alpha value is -1.65. The number of hydrogen-bond donors (Lipinski definition) is 1. The fourth-order valence-corrected chi connectivity index (χ4v) is 2.89. The molecule has 1 aromatic carbocycles. The lowest BCUT2D eigenvalue weighted by Gasteiger charge is -2.32. The molecule has 0 radical (unpaired) electrons. The molecule has 0 aliphatic carbocycles. The van der Waals surface area contributed by atoms with Crippen molar-refractivity contribution in [1.82, 2.24) is 20.0 Å². The van der Waals surface area contributed by atoms with E-state index in [2.05, 4.69) is 46.6 Å². The van der Waals surface area contributed by atoms with Gasteiger partial charge in [-0.15, -0.1) is 0 Å². The molecule has 1 aliphatic rings. The van der Waals surface area contributed by atoms with E-state index in [0.717, 1.165) is 19.6 Å². The lowest BCUT2D eigenvalue weighted by Crippen LogP contribution is -2.43. The van der Waals surface area contributed by atoms with Crippen molar-refractivity contribution in [3.8, 4) is 5.69 Å². The van der Waals surface area contributed by atoms with Gasteiger partial charge in [-0.05, 0) is 44.1 Å². The lowest BCUT2D eigenvalue weighted by molar-refractivity contribution is 0.195. The van der Waals surface area contributed by atoms with Crippen LogP contribution in [0.2, 0.25) is 0 Å². The molecule has 2 aromatic rings. The van der Waals surface area contributed by atoms with Gasteiger partial charge in [-0.25, -0.2) is 4.68 Å². The zero-order chi connectivity index (χ0) is 13.8. The zero-order valence-corrected chi connectivity index (χ0v) is 12.0. The van der Waals surface area contributed by atoms with E-state index in [1.807, 2.05) is 23.1 Å². The molecule has 0 bridgehead atoms. The second-order valence-electron chi connectivity index (χ2n) is 5.49. The van der Waals surface area contributed by atoms with Gasteiger partial charge in [0.2, 0.25) is 0 Å². The van der Waals surface area contributed by atoms with E-state index in [-0.39, 0.29) is 0 Å². The van der Waals surface area contributed by atoms with E-state index in [1.54, 1.807) is 0 Å². The number of likely N-dealkylation sites (N-methyl/N-ethyl adjacent to an activating group) is 1. The van der Waals surface area contributed by atoms with Crippen molar-refractivity contribution in [3.05, 3.63) is 48.3 Å². The molecule has 1 aliphatic heterocycles. The molecule has 4 nitrogen and oxygen atoms in total. The normalized spacial score (nSPS) is 19.4. The highest BCUT2D eigenvalue weighted by molar-refractivity contribution is 5.40. The van der Waals surface area contributed by atoms with Crippen LogP contribution in [0.5, 0.6) is 0 Å². The monoisotopic (exact) mass is 270 g/mol. The Labute approximate surface area is 120 Å². The predicted molar refractivity (Wildman–Crippen MR) is 80.9 cm³/mol. The Morgan fingerprint density at radius 2 is 2.25 bits per heavy atom. The van der Waals surface area contributed by atoms with Gasteiger partial charge in [0.15, 0.2) is 0 Å². The van der Waals surface area contributed by atoms with Crippen molar-refractivity contribution < 1.29 is 0 Å². The number of piperidine rings is 1. The molecule has 1 fully saturated rings. The van der Waals surface area contributed by atoms with Gasteiger partial charge in [0.25, 0.3) is 0 Å². The van der Waals surface area contributed by atoms with Gasteiger partial charge in [0.1, 0.15) is 0 Å². The minimum atomic E-state index is 0.634. The Morgan fingerprint density at radius 3 is 3.00 bits per heavy atom. The van der Waals surface area contributed by atoms with Gasteiger partial charge in [-0.3, -0.25) is 4.90 Å². The first-order valence-corrected chi connectivity index (χ1v) is 7.33. The SMILES string of the molecule is CN(Cc1ccccc1-n1cccn1)C1CCCNC1. The third kappa shape index (κ3) is 2.92. The first-order valence-electron chi connectivity index (χ1n) is 7.33. The number of aromatic nitrogens is 2. The Kier molecular flexibility index (Phi) is 4.14. The summed E-state index contributed by atoms with van der Waals surface area (Å²) in [6, 6.07) is 11.1. The second kappa shape index (κ2) is 6.20. The smallest absolute Gasteiger partial charge is 0.0690 e. The summed E-state index contributed by atoms with van der Waals surface area (Å²) in [5.41, 5.74) is 2.50. The molecule has 106 valence electrons. The summed E-state index contributed by atoms with van der Waals surface area (Å²) in [7, 11) is 2.22. The van der Waals surface area contributed by atoms with Crippen LogP contribution in [0.4, 0.5) is 0 Å². The standard InChI is InChI=1S/C16H22N4/c1-19(15-7-4-9-17-12-15)13-14-6-2-3-8-16(14)20-11-5-10-18-20/h2-3,5-6,8,10-11,15,17H,4,7,9,12-13H2,1H3. The Balaban J connectivity index is 1.77. The van der Waals surface area contributed by atoms with Crippen LogP contribution in [0.15, 0.2) is 42.7 Å². The van der Waals surface area contributed by atoms with Gasteiger partial charge < -0.3 is 5.32 Å². The minimum absolute atomic E-state index is 0.634. The maximum absolute atomic E-state index is 4.35. The number of nitrogens with one attached hydrogen (secondary N) is 1. The molecule has 1 aromatic heterocycles. The maximum atomic E-state index is 4.35. The average molecular weight is 270 g/mol. The molecule has 0 amide bonds. The van der Waals surface area contributed by atoms with E-state index in [0.29, 0.717) is 6.04 Å². The van der Waals surface area contributed by atoms with Crippen molar-refractivity contribution in [2.45, 2.75) is 25.4 Å². The van der Waals surface area contributed by atoms with Gasteiger partial charge >= 0.3 is 0 Å². The average Bonchev–Trinajstić information content (AvgIpc) is 3.03. The highest BCUT2D eigenvalue weighted by Gasteiger charge is 2.18. The van der Waals surface area contributed by atoms with Crippen molar-refractivity contribution in [1.29, 1.82) is 0 Å². The second-order valence-corrected chi connectivity index (χ2v) is 5.49. The van der Waals surface area contributed by atoms with Gasteiger partial charge in [-0.1, -0.05) is 18.2 Å². The van der Waals surface area contributed by atoms with Gasteiger partial charge in [0.05, 0.1) is 5.69 Å². The van der Waals surface area contributed by atoms with Crippen molar-refractivity contribution in [3.63, 3.8) is 0 Å². The van der Waals surface area contributed by atoms with E-state index < -0.39 is 0 Å². The van der Waals surface area contributed by atoms with Crippen molar-refractivity contribution in [2.24, 2.45) is 0 Å². The van der Waals surface area contributed by atoms with Crippen LogP contribution in [0, 0.1) is 0 Å². The lowest BCUT2D eigenvalue weighted by atomic mass is 10.1. The number of benzene rings is 1. The number of nitrogens with zero attached hydrogens (tertiary/aromatic N) is 3. The molecule has 20 heavy (non-hydrogen) atoms. The summed E-state index contributed by atoms with van der Waals surface area (Å²) in [4.78, 5) is 2.45. The number of para-hydroxylation sites is 1. The topological polar surface area (TPSA) is 33.1 Å². The summed E-state index contributed by atoms with van der Waals surface area (Å²) < 4.78 is 1.95. The van der Waals surface area contributed by atoms with Crippen LogP contribution >= 0.6 is 0 Å². The molecule has 3 rings (SSSR count). The van der Waals surface area contributed by atoms with Crippen LogP contribution in [0.1, 0.15) is 18.4 Å². The highest BCUT2D eigenvalue weighted by Crippen LogP contribution is 2.18. The quantitative estimate of drug-likeness (QED) is 0.923. The number of hydrogen-bond acceptors (Lipinski definition) is 3. The third-order valence-electron chi connectivity index (χ3n) is 4.06. The van der Waals surface area contributed by atoms with Gasteiger partial charge in [-0.2, -0.15) is 5.10 Å². The van der Waals surface area contributed by atoms with E-state index in [9.17, 15) is 0 Å². The molecule has 1 N–H and O–H groups in total. The van der Waals surface area contributed by atoms with Crippen LogP contribution in [0.25, 0.3) is 5.69 Å². The van der Waals surface area contributed by atoms with E-state index in [4.69, 9.17) is 0 Å². The fraction of sp³-hybridized carbons (Fsp3) is 0.438. The van der Waals surface area contributed by atoms with Crippen LogP contribution in [0.3, 0.4) is 0 Å². The van der Waals surface area contributed by atoms with Crippen LogP contribution in [-0.4, -0.2) is 40.9 Å². The number of rotatable bonds is 4. The molecule has 0 spiro atoms.